The van der Waals surface area contributed by atoms with Crippen molar-refractivity contribution < 1.29 is 21.5 Å². The molecule has 3 heteroatoms. The summed E-state index contributed by atoms with van der Waals surface area (Å²) in [5.41, 5.74) is 3.72. The first-order chi connectivity index (χ1) is 15.6. The molecule has 0 spiro atoms. The van der Waals surface area contributed by atoms with E-state index in [1.165, 1.54) is 92.8 Å². The predicted molar refractivity (Wildman–Crippen MR) is 136 cm³/mol. The third-order valence-electron chi connectivity index (χ3n) is 8.12. The van der Waals surface area contributed by atoms with Crippen LogP contribution in [0.15, 0.2) is 60.8 Å². The number of halogens is 1. The van der Waals surface area contributed by atoms with Crippen LogP contribution in [0.5, 0.6) is 0 Å². The van der Waals surface area contributed by atoms with Crippen molar-refractivity contribution in [2.45, 2.75) is 76.7 Å². The Kier molecular flexibility index (Phi) is 10.2. The molecule has 1 aliphatic heterocycles. The number of allylic oxidation sites excluding steroid dienone is 1. The zero-order valence-electron chi connectivity index (χ0n) is 20.8. The normalized spacial score (nSPS) is 25.1. The van der Waals surface area contributed by atoms with E-state index in [-0.39, 0.29) is 17.0 Å². The third-order valence-corrected chi connectivity index (χ3v) is 8.12. The molecule has 2 aromatic rings. The number of pyridine rings is 1. The molecule has 33 heavy (non-hydrogen) atoms. The highest BCUT2D eigenvalue weighted by atomic mass is 79.9. The van der Waals surface area contributed by atoms with E-state index in [1.807, 2.05) is 12.3 Å². The molecule has 0 amide bonds. The number of rotatable bonds is 4. The maximum atomic E-state index is 4.75. The summed E-state index contributed by atoms with van der Waals surface area (Å²) in [6.45, 7) is 1.34. The highest BCUT2D eigenvalue weighted by Crippen LogP contribution is 2.37. The average Bonchev–Trinajstić information content (AvgIpc) is 2.78. The minimum absolute atomic E-state index is 0. The molecule has 1 saturated carbocycles. The van der Waals surface area contributed by atoms with Gasteiger partial charge in [0.15, 0.2) is 0 Å². The van der Waals surface area contributed by atoms with E-state index in [1.54, 1.807) is 0 Å². The summed E-state index contributed by atoms with van der Waals surface area (Å²) < 4.78 is 1.21. The molecule has 1 aliphatic carbocycles. The second-order valence-electron chi connectivity index (χ2n) is 10.8. The SMILES string of the molecule is C[N+]1(C)CCCCC(C=C(c2ccccc2)c2ccccn2)CC1C1CCCCCCC1.[Br-]. The molecule has 2 fully saturated rings. The van der Waals surface area contributed by atoms with Crippen LogP contribution in [0.2, 0.25) is 0 Å². The van der Waals surface area contributed by atoms with E-state index in [0.29, 0.717) is 5.92 Å². The van der Waals surface area contributed by atoms with E-state index >= 15 is 0 Å². The Bertz CT molecular complexity index is 797. The number of aromatic nitrogens is 1. The van der Waals surface area contributed by atoms with Crippen LogP contribution in [0.1, 0.15) is 81.9 Å². The molecule has 1 saturated heterocycles. The van der Waals surface area contributed by atoms with Gasteiger partial charge in [-0.15, -0.1) is 0 Å². The van der Waals surface area contributed by atoms with Crippen molar-refractivity contribution in [3.8, 4) is 0 Å². The number of hydrogen-bond donors (Lipinski definition) is 0. The second-order valence-corrected chi connectivity index (χ2v) is 10.8. The van der Waals surface area contributed by atoms with Gasteiger partial charge in [-0.1, -0.05) is 74.6 Å². The van der Waals surface area contributed by atoms with Crippen molar-refractivity contribution in [1.82, 2.24) is 4.98 Å². The van der Waals surface area contributed by atoms with Crippen LogP contribution in [-0.2, 0) is 0 Å². The van der Waals surface area contributed by atoms with E-state index in [0.717, 1.165) is 17.7 Å². The van der Waals surface area contributed by atoms with Crippen LogP contribution in [0.25, 0.3) is 5.57 Å². The van der Waals surface area contributed by atoms with Gasteiger partial charge in [0.25, 0.3) is 0 Å². The molecule has 0 bridgehead atoms. The Balaban J connectivity index is 0.00000306. The zero-order valence-corrected chi connectivity index (χ0v) is 22.3. The van der Waals surface area contributed by atoms with Crippen LogP contribution >= 0.6 is 0 Å². The molecule has 2 heterocycles. The Morgan fingerprint density at radius 2 is 1.48 bits per heavy atom. The summed E-state index contributed by atoms with van der Waals surface area (Å²) >= 11 is 0. The molecule has 1 aromatic carbocycles. The lowest BCUT2D eigenvalue weighted by molar-refractivity contribution is -0.920. The minimum Gasteiger partial charge on any atom is -1.00 e. The monoisotopic (exact) mass is 510 g/mol. The van der Waals surface area contributed by atoms with Gasteiger partial charge in [0, 0.05) is 24.1 Å². The van der Waals surface area contributed by atoms with Gasteiger partial charge >= 0.3 is 0 Å². The van der Waals surface area contributed by atoms with Crippen LogP contribution < -0.4 is 17.0 Å². The summed E-state index contributed by atoms with van der Waals surface area (Å²) in [6, 6.07) is 18.0. The maximum absolute atomic E-state index is 4.75. The van der Waals surface area contributed by atoms with E-state index < -0.39 is 0 Å². The molecular formula is C30H43BrN2. The predicted octanol–water partition coefficient (Wildman–Crippen LogP) is 4.51. The molecule has 180 valence electrons. The van der Waals surface area contributed by atoms with Gasteiger partial charge in [-0.2, -0.15) is 0 Å². The standard InChI is InChI=1S/C30H43N2.BrH/c1-32(2)22-14-12-15-25(24-30(32)27-18-7-4-3-5-8-19-27)23-28(26-16-9-6-10-17-26)29-20-11-13-21-31-29;/h6,9-11,13,16-17,20-21,23,25,27,30H,3-5,7-8,12,14-15,18-19,22,24H2,1-2H3;1H/q+1;/p-1. The summed E-state index contributed by atoms with van der Waals surface area (Å²) in [5, 5.41) is 0. The first-order valence-corrected chi connectivity index (χ1v) is 13.1. The fourth-order valence-electron chi connectivity index (χ4n) is 6.30. The van der Waals surface area contributed by atoms with E-state index in [2.05, 4.69) is 62.6 Å². The van der Waals surface area contributed by atoms with Crippen LogP contribution in [0.4, 0.5) is 0 Å². The first kappa shape index (κ1) is 26.2. The van der Waals surface area contributed by atoms with Crippen molar-refractivity contribution in [3.63, 3.8) is 0 Å². The van der Waals surface area contributed by atoms with Gasteiger partial charge < -0.3 is 21.5 Å². The Morgan fingerprint density at radius 3 is 2.18 bits per heavy atom. The summed E-state index contributed by atoms with van der Waals surface area (Å²) in [7, 11) is 5.04. The first-order valence-electron chi connectivity index (χ1n) is 13.1. The van der Waals surface area contributed by atoms with Crippen molar-refractivity contribution in [3.05, 3.63) is 72.1 Å². The number of benzene rings is 1. The van der Waals surface area contributed by atoms with Crippen molar-refractivity contribution in [2.75, 3.05) is 20.6 Å². The highest BCUT2D eigenvalue weighted by Gasteiger charge is 2.37. The largest absolute Gasteiger partial charge is 1.00 e. The quantitative estimate of drug-likeness (QED) is 0.551. The molecule has 4 rings (SSSR count). The Morgan fingerprint density at radius 1 is 0.818 bits per heavy atom. The lowest BCUT2D eigenvalue weighted by atomic mass is 9.77. The minimum atomic E-state index is 0. The van der Waals surface area contributed by atoms with Gasteiger partial charge in [-0.3, -0.25) is 4.98 Å². The smallest absolute Gasteiger partial charge is 0.0920 e. The average molecular weight is 512 g/mol. The molecule has 2 unspecified atom stereocenters. The Hall–Kier alpha value is -1.45. The van der Waals surface area contributed by atoms with Crippen molar-refractivity contribution in [2.24, 2.45) is 11.8 Å². The van der Waals surface area contributed by atoms with Crippen LogP contribution in [0, 0.1) is 11.8 Å². The van der Waals surface area contributed by atoms with Gasteiger partial charge in [0.05, 0.1) is 32.4 Å². The van der Waals surface area contributed by atoms with Crippen molar-refractivity contribution >= 4 is 5.57 Å². The molecule has 2 aliphatic rings. The molecule has 0 N–H and O–H groups in total. The van der Waals surface area contributed by atoms with Gasteiger partial charge in [-0.25, -0.2) is 0 Å². The topological polar surface area (TPSA) is 12.9 Å². The number of quaternary nitrogens is 1. The third kappa shape index (κ3) is 7.26. The van der Waals surface area contributed by atoms with E-state index in [4.69, 9.17) is 4.98 Å². The fraction of sp³-hybridized carbons (Fsp3) is 0.567. The van der Waals surface area contributed by atoms with Crippen LogP contribution in [-0.4, -0.2) is 36.1 Å². The summed E-state index contributed by atoms with van der Waals surface area (Å²) in [4.78, 5) is 4.75. The zero-order chi connectivity index (χ0) is 22.2. The molecular weight excluding hydrogens is 468 g/mol. The van der Waals surface area contributed by atoms with Crippen molar-refractivity contribution in [1.29, 1.82) is 0 Å². The molecule has 0 radical (unpaired) electrons. The number of likely N-dealkylation sites (tertiary alicyclic amines) is 1. The summed E-state index contributed by atoms with van der Waals surface area (Å²) in [5.74, 6) is 1.51. The number of nitrogens with zero attached hydrogens (tertiary/aromatic N) is 2. The molecule has 2 nitrogen and oxygen atoms in total. The van der Waals surface area contributed by atoms with Crippen LogP contribution in [0.3, 0.4) is 0 Å². The van der Waals surface area contributed by atoms with Gasteiger partial charge in [0.2, 0.25) is 0 Å². The van der Waals surface area contributed by atoms with Gasteiger partial charge in [-0.05, 0) is 55.7 Å². The lowest BCUT2D eigenvalue weighted by Gasteiger charge is -2.45. The maximum Gasteiger partial charge on any atom is 0.0920 e. The fourth-order valence-corrected chi connectivity index (χ4v) is 6.30. The molecule has 1 aromatic heterocycles. The van der Waals surface area contributed by atoms with Gasteiger partial charge in [0.1, 0.15) is 0 Å². The number of hydrogen-bond acceptors (Lipinski definition) is 1. The second kappa shape index (κ2) is 12.9. The summed E-state index contributed by atoms with van der Waals surface area (Å²) in [6.07, 6.45) is 19.9. The molecule has 2 atom stereocenters. The highest BCUT2D eigenvalue weighted by molar-refractivity contribution is 5.77. The van der Waals surface area contributed by atoms with E-state index in [9.17, 15) is 0 Å². The lowest BCUT2D eigenvalue weighted by Crippen LogP contribution is -3.00. The Labute approximate surface area is 212 Å².